The molecule has 0 saturated carbocycles. The maximum atomic E-state index is 12.3. The van der Waals surface area contributed by atoms with Gasteiger partial charge in [-0.15, -0.1) is 0 Å². The van der Waals surface area contributed by atoms with Crippen LogP contribution in [0.25, 0.3) is 0 Å². The van der Waals surface area contributed by atoms with E-state index in [0.717, 1.165) is 11.1 Å². The van der Waals surface area contributed by atoms with Gasteiger partial charge in [-0.1, -0.05) is 24.3 Å². The van der Waals surface area contributed by atoms with Crippen molar-refractivity contribution in [3.8, 4) is 0 Å². The lowest BCUT2D eigenvalue weighted by Gasteiger charge is -2.15. The zero-order chi connectivity index (χ0) is 14.8. The zero-order valence-electron chi connectivity index (χ0n) is 11.5. The Morgan fingerprint density at radius 2 is 1.85 bits per heavy atom. The first kappa shape index (κ1) is 14.7. The summed E-state index contributed by atoms with van der Waals surface area (Å²) >= 11 is 0. The van der Waals surface area contributed by atoms with Crippen LogP contribution in [0.5, 0.6) is 0 Å². The first-order valence-corrected chi connectivity index (χ1v) is 7.59. The van der Waals surface area contributed by atoms with E-state index in [0.29, 0.717) is 13.1 Å². The van der Waals surface area contributed by atoms with Gasteiger partial charge in [-0.25, -0.2) is 13.4 Å². The fourth-order valence-electron chi connectivity index (χ4n) is 1.80. The molecule has 0 aliphatic heterocycles. The molecule has 0 aliphatic carbocycles. The topological polar surface area (TPSA) is 81.2 Å². The Labute approximate surface area is 118 Å². The van der Waals surface area contributed by atoms with E-state index in [1.165, 1.54) is 16.8 Å². The van der Waals surface area contributed by atoms with Crippen molar-refractivity contribution < 1.29 is 8.42 Å². The van der Waals surface area contributed by atoms with Gasteiger partial charge in [0.15, 0.2) is 5.03 Å². The van der Waals surface area contributed by atoms with Gasteiger partial charge in [0.2, 0.25) is 0 Å². The third-order valence-electron chi connectivity index (χ3n) is 3.02. The van der Waals surface area contributed by atoms with E-state index in [-0.39, 0.29) is 5.03 Å². The molecular formula is C13H18N4O2S. The molecular weight excluding hydrogens is 276 g/mol. The van der Waals surface area contributed by atoms with E-state index in [1.54, 1.807) is 18.7 Å². The number of sulfonamides is 1. The minimum atomic E-state index is -3.56. The summed E-state index contributed by atoms with van der Waals surface area (Å²) in [7, 11) is -0.279. The van der Waals surface area contributed by atoms with Gasteiger partial charge in [-0.3, -0.25) is 0 Å². The zero-order valence-corrected chi connectivity index (χ0v) is 12.3. The SMILES string of the molecule is CN(Cc1ccc(CN)cc1)S(=O)(=O)c1cn(C)cn1. The van der Waals surface area contributed by atoms with Crippen molar-refractivity contribution in [1.82, 2.24) is 13.9 Å². The number of benzene rings is 1. The second kappa shape index (κ2) is 5.74. The molecule has 1 aromatic heterocycles. The molecule has 1 heterocycles. The molecule has 108 valence electrons. The number of hydrogen-bond acceptors (Lipinski definition) is 4. The summed E-state index contributed by atoms with van der Waals surface area (Å²) in [6.45, 7) is 0.770. The summed E-state index contributed by atoms with van der Waals surface area (Å²) in [5.74, 6) is 0. The standard InChI is InChI=1S/C13H18N4O2S/c1-16-9-13(15-10-16)20(18,19)17(2)8-12-5-3-11(7-14)4-6-12/h3-6,9-10H,7-8,14H2,1-2H3. The van der Waals surface area contributed by atoms with Crippen LogP contribution in [-0.2, 0) is 30.2 Å². The molecule has 1 aromatic carbocycles. The minimum absolute atomic E-state index is 0.0566. The Hall–Kier alpha value is -1.70. The molecule has 0 bridgehead atoms. The first-order chi connectivity index (χ1) is 9.43. The van der Waals surface area contributed by atoms with E-state index >= 15 is 0 Å². The molecule has 0 fully saturated rings. The average Bonchev–Trinajstić information content (AvgIpc) is 2.87. The van der Waals surface area contributed by atoms with Gasteiger partial charge in [-0.2, -0.15) is 4.31 Å². The summed E-state index contributed by atoms with van der Waals surface area (Å²) in [6.07, 6.45) is 2.96. The molecule has 2 aromatic rings. The van der Waals surface area contributed by atoms with Crippen LogP contribution in [0.1, 0.15) is 11.1 Å². The largest absolute Gasteiger partial charge is 0.339 e. The van der Waals surface area contributed by atoms with Gasteiger partial charge in [0.05, 0.1) is 6.33 Å². The Morgan fingerprint density at radius 3 is 2.35 bits per heavy atom. The summed E-state index contributed by atoms with van der Waals surface area (Å²) < 4.78 is 27.5. The molecule has 0 amide bonds. The van der Waals surface area contributed by atoms with Crippen LogP contribution in [0.15, 0.2) is 41.8 Å². The highest BCUT2D eigenvalue weighted by molar-refractivity contribution is 7.89. The summed E-state index contributed by atoms with van der Waals surface area (Å²) in [6, 6.07) is 7.56. The van der Waals surface area contributed by atoms with Crippen LogP contribution in [0, 0.1) is 0 Å². The Kier molecular flexibility index (Phi) is 4.22. The molecule has 0 spiro atoms. The van der Waals surface area contributed by atoms with Crippen LogP contribution in [-0.4, -0.2) is 29.3 Å². The highest BCUT2D eigenvalue weighted by Crippen LogP contribution is 2.15. The number of aromatic nitrogens is 2. The molecule has 0 radical (unpaired) electrons. The average molecular weight is 294 g/mol. The van der Waals surface area contributed by atoms with Crippen molar-refractivity contribution >= 4 is 10.0 Å². The number of nitrogens with zero attached hydrogens (tertiary/aromatic N) is 3. The molecule has 2 N–H and O–H groups in total. The molecule has 0 saturated heterocycles. The number of hydrogen-bond donors (Lipinski definition) is 1. The third-order valence-corrected chi connectivity index (χ3v) is 4.71. The maximum Gasteiger partial charge on any atom is 0.262 e. The number of imidazole rings is 1. The summed E-state index contributed by atoms with van der Waals surface area (Å²) in [5, 5.41) is 0.0566. The number of aryl methyl sites for hydroxylation is 1. The Morgan fingerprint density at radius 1 is 1.25 bits per heavy atom. The van der Waals surface area contributed by atoms with Gasteiger partial charge in [-0.05, 0) is 11.1 Å². The normalized spacial score (nSPS) is 12.0. The van der Waals surface area contributed by atoms with E-state index in [4.69, 9.17) is 5.73 Å². The third kappa shape index (κ3) is 3.06. The summed E-state index contributed by atoms with van der Waals surface area (Å²) in [4.78, 5) is 3.89. The Balaban J connectivity index is 2.16. The van der Waals surface area contributed by atoms with Gasteiger partial charge >= 0.3 is 0 Å². The molecule has 0 atom stereocenters. The fourth-order valence-corrected chi connectivity index (χ4v) is 2.92. The number of rotatable bonds is 5. The molecule has 7 heteroatoms. The second-order valence-corrected chi connectivity index (χ2v) is 6.65. The minimum Gasteiger partial charge on any atom is -0.339 e. The van der Waals surface area contributed by atoms with Crippen LogP contribution in [0.4, 0.5) is 0 Å². The molecule has 6 nitrogen and oxygen atoms in total. The second-order valence-electron chi connectivity index (χ2n) is 4.66. The fraction of sp³-hybridized carbons (Fsp3) is 0.308. The number of nitrogens with two attached hydrogens (primary N) is 1. The van der Waals surface area contributed by atoms with Gasteiger partial charge in [0.1, 0.15) is 0 Å². The predicted octanol–water partition coefficient (Wildman–Crippen LogP) is 0.699. The van der Waals surface area contributed by atoms with Crippen LogP contribution in [0.3, 0.4) is 0 Å². The van der Waals surface area contributed by atoms with Crippen molar-refractivity contribution in [2.24, 2.45) is 12.8 Å². The van der Waals surface area contributed by atoms with Crippen molar-refractivity contribution in [3.05, 3.63) is 47.9 Å². The Bertz CT molecular complexity index is 677. The first-order valence-electron chi connectivity index (χ1n) is 6.15. The lowest BCUT2D eigenvalue weighted by molar-refractivity contribution is 0.464. The van der Waals surface area contributed by atoms with Gasteiger partial charge < -0.3 is 10.3 Å². The van der Waals surface area contributed by atoms with E-state index in [1.807, 2.05) is 24.3 Å². The molecule has 20 heavy (non-hydrogen) atoms. The molecule has 2 rings (SSSR count). The lowest BCUT2D eigenvalue weighted by Crippen LogP contribution is -2.26. The highest BCUT2D eigenvalue weighted by Gasteiger charge is 2.23. The van der Waals surface area contributed by atoms with Crippen LogP contribution < -0.4 is 5.73 Å². The predicted molar refractivity (Wildman–Crippen MR) is 76.2 cm³/mol. The van der Waals surface area contributed by atoms with E-state index in [2.05, 4.69) is 4.98 Å². The van der Waals surface area contributed by atoms with Crippen LogP contribution >= 0.6 is 0 Å². The monoisotopic (exact) mass is 294 g/mol. The lowest BCUT2D eigenvalue weighted by atomic mass is 10.1. The molecule has 0 unspecified atom stereocenters. The quantitative estimate of drug-likeness (QED) is 0.880. The van der Waals surface area contributed by atoms with Crippen LogP contribution in [0.2, 0.25) is 0 Å². The van der Waals surface area contributed by atoms with Crippen molar-refractivity contribution in [1.29, 1.82) is 0 Å². The van der Waals surface area contributed by atoms with Crippen molar-refractivity contribution in [2.75, 3.05) is 7.05 Å². The van der Waals surface area contributed by atoms with Crippen molar-refractivity contribution in [2.45, 2.75) is 18.1 Å². The van der Waals surface area contributed by atoms with Gasteiger partial charge in [0.25, 0.3) is 10.0 Å². The van der Waals surface area contributed by atoms with E-state index in [9.17, 15) is 8.42 Å². The summed E-state index contributed by atoms with van der Waals surface area (Å²) in [5.41, 5.74) is 7.46. The highest BCUT2D eigenvalue weighted by atomic mass is 32.2. The van der Waals surface area contributed by atoms with E-state index < -0.39 is 10.0 Å². The smallest absolute Gasteiger partial charge is 0.262 e. The van der Waals surface area contributed by atoms with Crippen molar-refractivity contribution in [3.63, 3.8) is 0 Å². The maximum absolute atomic E-state index is 12.3. The molecule has 0 aliphatic rings. The van der Waals surface area contributed by atoms with Gasteiger partial charge in [0, 0.05) is 33.4 Å².